The molecule has 0 aliphatic rings. The van der Waals surface area contributed by atoms with Crippen molar-refractivity contribution < 1.29 is 4.39 Å². The Balaban J connectivity index is 2.30. The van der Waals surface area contributed by atoms with E-state index in [2.05, 4.69) is 42.5 Å². The van der Waals surface area contributed by atoms with E-state index in [4.69, 9.17) is 0 Å². The number of imidazole rings is 1. The van der Waals surface area contributed by atoms with Gasteiger partial charge >= 0.3 is 0 Å². The minimum atomic E-state index is -0.226. The summed E-state index contributed by atoms with van der Waals surface area (Å²) in [6.45, 7) is 7.03. The molecule has 0 aliphatic carbocycles. The number of nitrogens with zero attached hydrogens (tertiary/aromatic N) is 2. The number of halogens is 1. The molecule has 0 spiro atoms. The lowest BCUT2D eigenvalue weighted by atomic mass is 9.92. The molecule has 0 atom stereocenters. The number of aromatic nitrogens is 2. The Morgan fingerprint density at radius 2 is 1.77 bits per heavy atom. The van der Waals surface area contributed by atoms with Crippen LogP contribution in [0.15, 0.2) is 48.8 Å². The van der Waals surface area contributed by atoms with Crippen molar-refractivity contribution in [2.45, 2.75) is 27.3 Å². The quantitative estimate of drug-likeness (QED) is 0.665. The van der Waals surface area contributed by atoms with Crippen molar-refractivity contribution in [1.29, 1.82) is 0 Å². The normalized spacial score (nSPS) is 10.9. The molecule has 0 aliphatic heterocycles. The Morgan fingerprint density at radius 1 is 1.05 bits per heavy atom. The van der Waals surface area contributed by atoms with Gasteiger partial charge in [-0.3, -0.25) is 0 Å². The van der Waals surface area contributed by atoms with Crippen molar-refractivity contribution in [3.8, 4) is 22.5 Å². The van der Waals surface area contributed by atoms with Crippen LogP contribution in [0, 0.1) is 19.7 Å². The first-order valence-corrected chi connectivity index (χ1v) is 7.49. The second kappa shape index (κ2) is 5.76. The fourth-order valence-corrected chi connectivity index (χ4v) is 2.97. The van der Waals surface area contributed by atoms with Crippen LogP contribution >= 0.6 is 0 Å². The summed E-state index contributed by atoms with van der Waals surface area (Å²) in [5.74, 6) is 0.649. The van der Waals surface area contributed by atoms with Gasteiger partial charge in [-0.2, -0.15) is 0 Å². The fraction of sp³-hybridized carbons (Fsp3) is 0.211. The molecular weight excluding hydrogens is 275 g/mol. The summed E-state index contributed by atoms with van der Waals surface area (Å²) in [5.41, 5.74) is 5.23. The van der Waals surface area contributed by atoms with Crippen molar-refractivity contribution in [2.75, 3.05) is 0 Å². The molecule has 2 aromatic carbocycles. The molecule has 22 heavy (non-hydrogen) atoms. The zero-order valence-corrected chi connectivity index (χ0v) is 13.1. The van der Waals surface area contributed by atoms with Crippen molar-refractivity contribution in [1.82, 2.24) is 9.55 Å². The lowest BCUT2D eigenvalue weighted by Crippen LogP contribution is -1.99. The van der Waals surface area contributed by atoms with E-state index in [1.807, 2.05) is 18.3 Å². The Morgan fingerprint density at radius 3 is 2.45 bits per heavy atom. The van der Waals surface area contributed by atoms with Gasteiger partial charge in [0.1, 0.15) is 11.6 Å². The lowest BCUT2D eigenvalue weighted by molar-refractivity contribution is 0.628. The molecule has 1 aromatic heterocycles. The molecule has 0 bridgehead atoms. The van der Waals surface area contributed by atoms with Gasteiger partial charge in [0.15, 0.2) is 0 Å². The lowest BCUT2D eigenvalue weighted by Gasteiger charge is -2.15. The molecule has 0 N–H and O–H groups in total. The predicted molar refractivity (Wildman–Crippen MR) is 88.2 cm³/mol. The average molecular weight is 294 g/mol. The summed E-state index contributed by atoms with van der Waals surface area (Å²) < 4.78 is 16.0. The van der Waals surface area contributed by atoms with Crippen LogP contribution in [0.25, 0.3) is 22.5 Å². The average Bonchev–Trinajstić information content (AvgIpc) is 2.95. The SMILES string of the molecule is CCn1ccnc1-c1ccc(F)cc1-c1c(C)cccc1C. The van der Waals surface area contributed by atoms with Crippen LogP contribution < -0.4 is 0 Å². The molecule has 0 radical (unpaired) electrons. The van der Waals surface area contributed by atoms with Gasteiger partial charge < -0.3 is 4.57 Å². The van der Waals surface area contributed by atoms with Gasteiger partial charge in [0.2, 0.25) is 0 Å². The van der Waals surface area contributed by atoms with Gasteiger partial charge in [0.25, 0.3) is 0 Å². The van der Waals surface area contributed by atoms with Crippen LogP contribution in [-0.2, 0) is 6.54 Å². The number of hydrogen-bond acceptors (Lipinski definition) is 1. The first-order chi connectivity index (χ1) is 10.6. The third-order valence-corrected chi connectivity index (χ3v) is 4.03. The maximum Gasteiger partial charge on any atom is 0.140 e. The zero-order chi connectivity index (χ0) is 15.7. The highest BCUT2D eigenvalue weighted by molar-refractivity contribution is 5.84. The van der Waals surface area contributed by atoms with Crippen LogP contribution in [0.5, 0.6) is 0 Å². The van der Waals surface area contributed by atoms with Crippen LogP contribution in [-0.4, -0.2) is 9.55 Å². The summed E-state index contributed by atoms with van der Waals surface area (Å²) in [5, 5.41) is 0. The Hall–Kier alpha value is -2.42. The molecule has 112 valence electrons. The molecule has 1 heterocycles. The van der Waals surface area contributed by atoms with Gasteiger partial charge in [-0.15, -0.1) is 0 Å². The molecule has 0 amide bonds. The van der Waals surface area contributed by atoms with E-state index < -0.39 is 0 Å². The largest absolute Gasteiger partial charge is 0.331 e. The number of rotatable bonds is 3. The van der Waals surface area contributed by atoms with Crippen molar-refractivity contribution in [3.05, 3.63) is 65.7 Å². The first kappa shape index (κ1) is 14.5. The van der Waals surface area contributed by atoms with E-state index in [0.29, 0.717) is 0 Å². The van der Waals surface area contributed by atoms with E-state index in [1.165, 1.54) is 6.07 Å². The molecule has 3 heteroatoms. The molecule has 3 aromatic rings. The maximum atomic E-state index is 13.9. The molecule has 0 fully saturated rings. The van der Waals surface area contributed by atoms with E-state index >= 15 is 0 Å². The second-order valence-electron chi connectivity index (χ2n) is 5.49. The Bertz CT molecular complexity index is 798. The molecule has 3 rings (SSSR count). The standard InChI is InChI=1S/C19H19FN2/c1-4-22-11-10-21-19(22)16-9-8-15(20)12-17(16)18-13(2)6-5-7-14(18)3/h5-12H,4H2,1-3H3. The van der Waals surface area contributed by atoms with Crippen LogP contribution in [0.2, 0.25) is 0 Å². The van der Waals surface area contributed by atoms with E-state index in [1.54, 1.807) is 12.3 Å². The van der Waals surface area contributed by atoms with E-state index in [9.17, 15) is 4.39 Å². The molecule has 0 saturated heterocycles. The number of benzene rings is 2. The zero-order valence-electron chi connectivity index (χ0n) is 13.1. The minimum absolute atomic E-state index is 0.226. The van der Waals surface area contributed by atoms with E-state index in [0.717, 1.165) is 40.2 Å². The van der Waals surface area contributed by atoms with Crippen LogP contribution in [0.1, 0.15) is 18.1 Å². The van der Waals surface area contributed by atoms with Crippen LogP contribution in [0.4, 0.5) is 4.39 Å². The van der Waals surface area contributed by atoms with Crippen LogP contribution in [0.3, 0.4) is 0 Å². The maximum absolute atomic E-state index is 13.9. The smallest absolute Gasteiger partial charge is 0.140 e. The molecule has 2 nitrogen and oxygen atoms in total. The van der Waals surface area contributed by atoms with Gasteiger partial charge in [-0.1, -0.05) is 18.2 Å². The van der Waals surface area contributed by atoms with Gasteiger partial charge in [0, 0.05) is 24.5 Å². The minimum Gasteiger partial charge on any atom is -0.331 e. The van der Waals surface area contributed by atoms with Gasteiger partial charge in [-0.05, 0) is 61.2 Å². The topological polar surface area (TPSA) is 17.8 Å². The highest BCUT2D eigenvalue weighted by Crippen LogP contribution is 2.35. The van der Waals surface area contributed by atoms with Crippen molar-refractivity contribution in [3.63, 3.8) is 0 Å². The number of hydrogen-bond donors (Lipinski definition) is 0. The molecule has 0 saturated carbocycles. The highest BCUT2D eigenvalue weighted by Gasteiger charge is 2.15. The van der Waals surface area contributed by atoms with Crippen molar-refractivity contribution >= 4 is 0 Å². The summed E-state index contributed by atoms with van der Waals surface area (Å²) in [6, 6.07) is 11.1. The fourth-order valence-electron chi connectivity index (χ4n) is 2.97. The Kier molecular flexibility index (Phi) is 3.80. The number of aryl methyl sites for hydroxylation is 3. The monoisotopic (exact) mass is 294 g/mol. The van der Waals surface area contributed by atoms with Gasteiger partial charge in [0.05, 0.1) is 0 Å². The molecular formula is C19H19FN2. The second-order valence-corrected chi connectivity index (χ2v) is 5.49. The third kappa shape index (κ3) is 2.43. The summed E-state index contributed by atoms with van der Waals surface area (Å²) >= 11 is 0. The summed E-state index contributed by atoms with van der Waals surface area (Å²) in [6.07, 6.45) is 3.74. The Labute approximate surface area is 130 Å². The predicted octanol–water partition coefficient (Wildman–Crippen LogP) is 4.99. The first-order valence-electron chi connectivity index (χ1n) is 7.49. The summed E-state index contributed by atoms with van der Waals surface area (Å²) in [4.78, 5) is 4.47. The summed E-state index contributed by atoms with van der Waals surface area (Å²) in [7, 11) is 0. The third-order valence-electron chi connectivity index (χ3n) is 4.03. The molecule has 0 unspecified atom stereocenters. The highest BCUT2D eigenvalue weighted by atomic mass is 19.1. The van der Waals surface area contributed by atoms with Gasteiger partial charge in [-0.25, -0.2) is 9.37 Å². The van der Waals surface area contributed by atoms with E-state index in [-0.39, 0.29) is 5.82 Å². The van der Waals surface area contributed by atoms with Crippen molar-refractivity contribution in [2.24, 2.45) is 0 Å².